The van der Waals surface area contributed by atoms with Crippen LogP contribution in [0, 0.1) is 6.92 Å². The summed E-state index contributed by atoms with van der Waals surface area (Å²) in [6.45, 7) is 7.26. The highest BCUT2D eigenvalue weighted by Gasteiger charge is 2.32. The van der Waals surface area contributed by atoms with Crippen molar-refractivity contribution in [3.63, 3.8) is 0 Å². The second kappa shape index (κ2) is 8.94. The number of thiophene rings is 1. The number of fused-ring (bicyclic) bond motifs is 3. The topological polar surface area (TPSA) is 58.4 Å². The Kier molecular flexibility index (Phi) is 6.03. The lowest BCUT2D eigenvalue weighted by atomic mass is 9.94. The van der Waals surface area contributed by atoms with Crippen LogP contribution in [-0.4, -0.2) is 57.7 Å². The summed E-state index contributed by atoms with van der Waals surface area (Å²) >= 11 is 1.60. The van der Waals surface area contributed by atoms with Gasteiger partial charge in [-0.25, -0.2) is 4.68 Å². The molecule has 1 aliphatic heterocycles. The first kappa shape index (κ1) is 21.6. The molecule has 1 aromatic carbocycles. The number of aryl methyl sites for hydroxylation is 1. The Morgan fingerprint density at radius 1 is 1.12 bits per heavy atom. The Hall–Kier alpha value is -2.25. The zero-order chi connectivity index (χ0) is 22.2. The molecule has 1 aliphatic carbocycles. The van der Waals surface area contributed by atoms with Crippen molar-refractivity contribution in [1.29, 1.82) is 0 Å². The van der Waals surface area contributed by atoms with Crippen LogP contribution in [0.3, 0.4) is 0 Å². The summed E-state index contributed by atoms with van der Waals surface area (Å²) < 4.78 is 3.48. The van der Waals surface area contributed by atoms with Gasteiger partial charge in [-0.3, -0.25) is 14.5 Å². The maximum Gasteiger partial charge on any atom is 0.276 e. The number of rotatable bonds is 4. The lowest BCUT2D eigenvalue weighted by Crippen LogP contribution is -2.54. The van der Waals surface area contributed by atoms with Gasteiger partial charge in [-0.15, -0.1) is 11.3 Å². The van der Waals surface area contributed by atoms with Gasteiger partial charge in [0.05, 0.1) is 15.8 Å². The molecule has 0 N–H and O–H groups in total. The van der Waals surface area contributed by atoms with Gasteiger partial charge in [0.25, 0.3) is 5.56 Å². The van der Waals surface area contributed by atoms with Gasteiger partial charge in [0.1, 0.15) is 6.04 Å². The van der Waals surface area contributed by atoms with E-state index >= 15 is 0 Å². The molecule has 7 heteroatoms. The lowest BCUT2D eigenvalue weighted by Gasteiger charge is -2.41. The Bertz CT molecular complexity index is 1190. The van der Waals surface area contributed by atoms with E-state index in [-0.39, 0.29) is 11.5 Å². The third-order valence-corrected chi connectivity index (χ3v) is 8.57. The van der Waals surface area contributed by atoms with Gasteiger partial charge in [0.2, 0.25) is 5.91 Å². The smallest absolute Gasteiger partial charge is 0.276 e. The summed E-state index contributed by atoms with van der Waals surface area (Å²) in [5.74, 6) is 0.0312. The van der Waals surface area contributed by atoms with Crippen LogP contribution < -0.4 is 5.56 Å². The summed E-state index contributed by atoms with van der Waals surface area (Å²) in [6.07, 6.45) is 7.15. The van der Waals surface area contributed by atoms with Crippen molar-refractivity contribution < 1.29 is 4.79 Å². The first-order chi connectivity index (χ1) is 15.6. The van der Waals surface area contributed by atoms with E-state index in [0.29, 0.717) is 17.8 Å². The molecule has 2 fully saturated rings. The van der Waals surface area contributed by atoms with Gasteiger partial charge in [-0.1, -0.05) is 44.4 Å². The fourth-order valence-corrected chi connectivity index (χ4v) is 6.64. The second-order valence-corrected chi connectivity index (χ2v) is 10.3. The molecular weight excluding hydrogens is 420 g/mol. The summed E-state index contributed by atoms with van der Waals surface area (Å²) in [5.41, 5.74) is 0.665. The quantitative estimate of drug-likeness (QED) is 0.591. The summed E-state index contributed by atoms with van der Waals surface area (Å²) in [4.78, 5) is 31.6. The molecular formula is C25H32N4O2S. The predicted octanol–water partition coefficient (Wildman–Crippen LogP) is 4.35. The highest BCUT2D eigenvalue weighted by molar-refractivity contribution is 7.26. The van der Waals surface area contributed by atoms with Gasteiger partial charge in [-0.2, -0.15) is 5.10 Å². The van der Waals surface area contributed by atoms with Gasteiger partial charge < -0.3 is 4.90 Å². The zero-order valence-electron chi connectivity index (χ0n) is 19.0. The molecule has 3 heterocycles. The van der Waals surface area contributed by atoms with Crippen LogP contribution in [0.1, 0.15) is 57.2 Å². The molecule has 1 amide bonds. The SMILES string of the molecule is CC[C@H](C(=O)N1CCN(C2CCCCC2)CC1)n1nc(C)c2sc3ccccc3c2c1=O. The Labute approximate surface area is 192 Å². The van der Waals surface area contributed by atoms with Crippen molar-refractivity contribution in [2.75, 3.05) is 26.2 Å². The molecule has 2 aliphatic rings. The van der Waals surface area contributed by atoms with E-state index in [1.165, 1.54) is 36.8 Å². The monoisotopic (exact) mass is 452 g/mol. The van der Waals surface area contributed by atoms with E-state index < -0.39 is 6.04 Å². The van der Waals surface area contributed by atoms with Crippen molar-refractivity contribution in [3.8, 4) is 0 Å². The molecule has 0 unspecified atom stereocenters. The number of benzene rings is 1. The Morgan fingerprint density at radius 3 is 2.56 bits per heavy atom. The molecule has 0 spiro atoms. The number of aromatic nitrogens is 2. The molecule has 1 saturated carbocycles. The minimum Gasteiger partial charge on any atom is -0.338 e. The molecule has 32 heavy (non-hydrogen) atoms. The van der Waals surface area contributed by atoms with Crippen LogP contribution in [0.15, 0.2) is 29.1 Å². The lowest BCUT2D eigenvalue weighted by molar-refractivity contribution is -0.137. The second-order valence-electron chi connectivity index (χ2n) is 9.21. The summed E-state index contributed by atoms with van der Waals surface area (Å²) in [5, 5.41) is 6.29. The van der Waals surface area contributed by atoms with Gasteiger partial charge in [0.15, 0.2) is 0 Å². The standard InChI is InChI=1S/C25H32N4O2S/c1-3-20(24(30)28-15-13-27(14-16-28)18-9-5-4-6-10-18)29-25(31)22-19-11-7-8-12-21(19)32-23(22)17(2)26-29/h7-8,11-12,18,20H,3-6,9-10,13-16H2,1-2H3/t20-/m1/s1. The van der Waals surface area contributed by atoms with Crippen molar-refractivity contribution >= 4 is 37.4 Å². The summed E-state index contributed by atoms with van der Waals surface area (Å²) in [6, 6.07) is 8.12. The largest absolute Gasteiger partial charge is 0.338 e. The minimum atomic E-state index is -0.550. The van der Waals surface area contributed by atoms with Gasteiger partial charge in [0, 0.05) is 42.3 Å². The maximum absolute atomic E-state index is 13.5. The molecule has 5 rings (SSSR count). The molecule has 0 radical (unpaired) electrons. The molecule has 6 nitrogen and oxygen atoms in total. The summed E-state index contributed by atoms with van der Waals surface area (Å²) in [7, 11) is 0. The third kappa shape index (κ3) is 3.75. The van der Waals surface area contributed by atoms with Crippen molar-refractivity contribution in [3.05, 3.63) is 40.3 Å². The van der Waals surface area contributed by atoms with Crippen LogP contribution in [0.2, 0.25) is 0 Å². The first-order valence-corrected chi connectivity index (χ1v) is 12.8. The van der Waals surface area contributed by atoms with Gasteiger partial charge >= 0.3 is 0 Å². The number of hydrogen-bond donors (Lipinski definition) is 0. The fourth-order valence-electron chi connectivity index (χ4n) is 5.51. The molecule has 3 aromatic rings. The predicted molar refractivity (Wildman–Crippen MR) is 130 cm³/mol. The first-order valence-electron chi connectivity index (χ1n) is 12.0. The maximum atomic E-state index is 13.5. The highest BCUT2D eigenvalue weighted by atomic mass is 32.1. The number of nitrogens with zero attached hydrogens (tertiary/aromatic N) is 4. The van der Waals surface area contributed by atoms with Crippen LogP contribution in [0.5, 0.6) is 0 Å². The van der Waals surface area contributed by atoms with Crippen LogP contribution in [0.4, 0.5) is 0 Å². The van der Waals surface area contributed by atoms with Crippen LogP contribution in [0.25, 0.3) is 20.2 Å². The van der Waals surface area contributed by atoms with E-state index in [9.17, 15) is 9.59 Å². The van der Waals surface area contributed by atoms with Crippen molar-refractivity contribution in [2.45, 2.75) is 64.5 Å². The normalized spacial score (nSPS) is 19.6. The van der Waals surface area contributed by atoms with E-state index in [1.54, 1.807) is 11.3 Å². The molecule has 0 bridgehead atoms. The van der Waals surface area contributed by atoms with E-state index in [4.69, 9.17) is 0 Å². The van der Waals surface area contributed by atoms with E-state index in [1.807, 2.05) is 43.0 Å². The Balaban J connectivity index is 1.41. The molecule has 2 aromatic heterocycles. The zero-order valence-corrected chi connectivity index (χ0v) is 19.9. The highest BCUT2D eigenvalue weighted by Crippen LogP contribution is 2.33. The molecule has 1 saturated heterocycles. The van der Waals surface area contributed by atoms with Crippen molar-refractivity contribution in [2.24, 2.45) is 0 Å². The number of hydrogen-bond acceptors (Lipinski definition) is 5. The van der Waals surface area contributed by atoms with Crippen LogP contribution in [-0.2, 0) is 4.79 Å². The van der Waals surface area contributed by atoms with E-state index in [2.05, 4.69) is 10.00 Å². The number of piperazine rings is 1. The molecule has 170 valence electrons. The fraction of sp³-hybridized carbons (Fsp3) is 0.560. The molecule has 1 atom stereocenters. The number of amides is 1. The third-order valence-electron chi connectivity index (χ3n) is 7.29. The Morgan fingerprint density at radius 2 is 1.84 bits per heavy atom. The van der Waals surface area contributed by atoms with E-state index in [0.717, 1.165) is 46.7 Å². The average Bonchev–Trinajstić information content (AvgIpc) is 3.24. The van der Waals surface area contributed by atoms with Crippen molar-refractivity contribution in [1.82, 2.24) is 19.6 Å². The minimum absolute atomic E-state index is 0.0312. The number of carbonyl (C=O) groups excluding carboxylic acids is 1. The average molecular weight is 453 g/mol. The van der Waals surface area contributed by atoms with Crippen LogP contribution >= 0.6 is 11.3 Å². The van der Waals surface area contributed by atoms with Gasteiger partial charge in [-0.05, 0) is 32.3 Å². The number of carbonyl (C=O) groups is 1.